The number of nitrogens with one attached hydrogen (secondary N) is 3. The molecule has 150 valence electrons. The average molecular weight is 398 g/mol. The summed E-state index contributed by atoms with van der Waals surface area (Å²) in [5, 5.41) is 24.2. The highest BCUT2D eigenvalue weighted by Crippen LogP contribution is 2.31. The Hall–Kier alpha value is -3.52. The molecule has 1 fully saturated rings. The summed E-state index contributed by atoms with van der Waals surface area (Å²) >= 11 is 0. The Morgan fingerprint density at radius 2 is 1.83 bits per heavy atom. The van der Waals surface area contributed by atoms with Gasteiger partial charge in [0.05, 0.1) is 11.2 Å². The summed E-state index contributed by atoms with van der Waals surface area (Å²) in [7, 11) is 0. The molecule has 30 heavy (non-hydrogen) atoms. The molecule has 0 aliphatic carbocycles. The van der Waals surface area contributed by atoms with Crippen molar-refractivity contribution in [2.45, 2.75) is 25.8 Å². The summed E-state index contributed by atoms with van der Waals surface area (Å²) in [4.78, 5) is 6.08. The smallest absolute Gasteiger partial charge is 0.204 e. The quantitative estimate of drug-likeness (QED) is 0.426. The largest absolute Gasteiger partial charge is 0.353 e. The number of hydrogen-bond donors (Lipinski definition) is 3. The maximum absolute atomic E-state index is 4.57. The molecule has 1 aliphatic heterocycles. The lowest BCUT2D eigenvalue weighted by molar-refractivity contribution is 0.221. The zero-order valence-corrected chi connectivity index (χ0v) is 16.5. The van der Waals surface area contributed by atoms with Crippen LogP contribution in [0.1, 0.15) is 24.8 Å². The van der Waals surface area contributed by atoms with E-state index in [-0.39, 0.29) is 0 Å². The predicted octanol–water partition coefficient (Wildman–Crippen LogP) is 3.88. The minimum Gasteiger partial charge on any atom is -0.353 e. The highest BCUT2D eigenvalue weighted by atomic mass is 15.5. The van der Waals surface area contributed by atoms with E-state index in [2.05, 4.69) is 65.0 Å². The van der Waals surface area contributed by atoms with Gasteiger partial charge in [-0.15, -0.1) is 10.2 Å². The second kappa shape index (κ2) is 7.07. The fourth-order valence-corrected chi connectivity index (χ4v) is 4.43. The van der Waals surface area contributed by atoms with Gasteiger partial charge in [0.1, 0.15) is 5.69 Å². The van der Waals surface area contributed by atoms with Crippen molar-refractivity contribution in [3.63, 3.8) is 0 Å². The van der Waals surface area contributed by atoms with Crippen molar-refractivity contribution >= 4 is 21.8 Å². The highest BCUT2D eigenvalue weighted by Gasteiger charge is 2.14. The second-order valence-corrected chi connectivity index (χ2v) is 8.01. The van der Waals surface area contributed by atoms with E-state index < -0.39 is 0 Å². The zero-order chi connectivity index (χ0) is 19.9. The summed E-state index contributed by atoms with van der Waals surface area (Å²) < 4.78 is 0. The van der Waals surface area contributed by atoms with Crippen molar-refractivity contribution in [1.29, 1.82) is 0 Å². The molecule has 1 aliphatic rings. The second-order valence-electron chi connectivity index (χ2n) is 8.01. The number of benzene rings is 2. The van der Waals surface area contributed by atoms with Crippen LogP contribution in [0.15, 0.2) is 42.5 Å². The van der Waals surface area contributed by atoms with Crippen LogP contribution in [0.25, 0.3) is 44.6 Å². The molecule has 6 rings (SSSR count). The summed E-state index contributed by atoms with van der Waals surface area (Å²) in [6, 6.07) is 14.9. The van der Waals surface area contributed by atoms with E-state index in [1.165, 1.54) is 43.3 Å². The van der Waals surface area contributed by atoms with Gasteiger partial charge in [0.25, 0.3) is 0 Å². The predicted molar refractivity (Wildman–Crippen MR) is 116 cm³/mol. The number of tetrazole rings is 1. The van der Waals surface area contributed by atoms with E-state index in [0.717, 1.165) is 39.9 Å². The minimum atomic E-state index is 0.569. The van der Waals surface area contributed by atoms with Crippen molar-refractivity contribution in [1.82, 2.24) is 40.7 Å². The third kappa shape index (κ3) is 3.05. The molecule has 0 saturated carbocycles. The molecule has 3 N–H and O–H groups in total. The molecule has 0 unspecified atom stereocenters. The number of rotatable bonds is 4. The monoisotopic (exact) mass is 398 g/mol. The van der Waals surface area contributed by atoms with E-state index in [1.54, 1.807) is 0 Å². The van der Waals surface area contributed by atoms with Crippen LogP contribution in [-0.4, -0.2) is 53.8 Å². The minimum absolute atomic E-state index is 0.569. The van der Waals surface area contributed by atoms with Crippen LogP contribution in [0.5, 0.6) is 0 Å². The van der Waals surface area contributed by atoms with Gasteiger partial charge in [-0.2, -0.15) is 10.3 Å². The molecule has 5 aromatic rings. The van der Waals surface area contributed by atoms with Crippen LogP contribution >= 0.6 is 0 Å². The zero-order valence-electron chi connectivity index (χ0n) is 16.5. The average Bonchev–Trinajstić information content (AvgIpc) is 3.52. The molecule has 0 spiro atoms. The van der Waals surface area contributed by atoms with Gasteiger partial charge in [-0.05, 0) is 67.0 Å². The first-order valence-electron chi connectivity index (χ1n) is 10.4. The third-order valence-corrected chi connectivity index (χ3v) is 5.96. The molecule has 0 atom stereocenters. The fraction of sp³-hybridized carbons (Fsp3) is 0.273. The molecule has 0 radical (unpaired) electrons. The van der Waals surface area contributed by atoms with Gasteiger partial charge in [0.2, 0.25) is 5.82 Å². The Morgan fingerprint density at radius 3 is 2.70 bits per heavy atom. The molecule has 8 heteroatoms. The van der Waals surface area contributed by atoms with Crippen LogP contribution < -0.4 is 0 Å². The standard InChI is InChI=1S/C22H22N8/c1-2-8-30(9-3-1)13-14-4-7-18-16(10-14)12-20(23-18)21-17-6-5-15(11-19(17)24-25-21)22-26-28-29-27-22/h4-7,10-12,23H,1-3,8-9,13H2,(H,24,25)(H,26,27,28,29). The molecule has 4 heterocycles. The number of aromatic nitrogens is 7. The van der Waals surface area contributed by atoms with Gasteiger partial charge in [-0.25, -0.2) is 0 Å². The van der Waals surface area contributed by atoms with E-state index in [9.17, 15) is 0 Å². The van der Waals surface area contributed by atoms with Crippen LogP contribution in [0.4, 0.5) is 0 Å². The Morgan fingerprint density at radius 1 is 0.900 bits per heavy atom. The number of fused-ring (bicyclic) bond motifs is 2. The lowest BCUT2D eigenvalue weighted by Crippen LogP contribution is -2.28. The lowest BCUT2D eigenvalue weighted by atomic mass is 10.1. The molecule has 1 saturated heterocycles. The van der Waals surface area contributed by atoms with Crippen LogP contribution in [0.2, 0.25) is 0 Å². The Kier molecular flexibility index (Phi) is 4.09. The third-order valence-electron chi connectivity index (χ3n) is 5.96. The SMILES string of the molecule is c1cc2[nH]c(-c3n[nH]c4cc(-c5nn[nH]n5)ccc34)cc2cc1CN1CCCCC1. The van der Waals surface area contributed by atoms with Crippen molar-refractivity contribution < 1.29 is 0 Å². The topological polar surface area (TPSA) is 102 Å². The first-order chi connectivity index (χ1) is 14.8. The number of likely N-dealkylation sites (tertiary alicyclic amines) is 1. The Bertz CT molecular complexity index is 1310. The van der Waals surface area contributed by atoms with Gasteiger partial charge in [-0.1, -0.05) is 18.6 Å². The summed E-state index contributed by atoms with van der Waals surface area (Å²) in [5.74, 6) is 0.569. The van der Waals surface area contributed by atoms with Gasteiger partial charge in [-0.3, -0.25) is 10.00 Å². The maximum Gasteiger partial charge on any atom is 0.204 e. The van der Waals surface area contributed by atoms with Crippen molar-refractivity contribution in [2.75, 3.05) is 13.1 Å². The van der Waals surface area contributed by atoms with E-state index in [0.29, 0.717) is 5.82 Å². The summed E-state index contributed by atoms with van der Waals surface area (Å²) in [5.41, 5.74) is 6.26. The van der Waals surface area contributed by atoms with Crippen LogP contribution in [-0.2, 0) is 6.54 Å². The van der Waals surface area contributed by atoms with Crippen LogP contribution in [0.3, 0.4) is 0 Å². The first kappa shape index (κ1) is 17.3. The number of aromatic amines is 3. The molecule has 0 amide bonds. The van der Waals surface area contributed by atoms with E-state index in [1.807, 2.05) is 18.2 Å². The van der Waals surface area contributed by atoms with Gasteiger partial charge in [0.15, 0.2) is 0 Å². The Balaban J connectivity index is 1.33. The van der Waals surface area contributed by atoms with E-state index >= 15 is 0 Å². The summed E-state index contributed by atoms with van der Waals surface area (Å²) in [6.07, 6.45) is 4.00. The van der Waals surface area contributed by atoms with E-state index in [4.69, 9.17) is 0 Å². The number of nitrogens with zero attached hydrogens (tertiary/aromatic N) is 5. The maximum atomic E-state index is 4.57. The molecule has 2 aromatic carbocycles. The normalized spacial score (nSPS) is 15.3. The number of piperidine rings is 1. The number of H-pyrrole nitrogens is 3. The van der Waals surface area contributed by atoms with Gasteiger partial charge in [0, 0.05) is 28.4 Å². The molecule has 8 nitrogen and oxygen atoms in total. The number of hydrogen-bond acceptors (Lipinski definition) is 5. The molecule has 0 bridgehead atoms. The summed E-state index contributed by atoms with van der Waals surface area (Å²) in [6.45, 7) is 3.45. The molecular formula is C22H22N8. The van der Waals surface area contributed by atoms with Crippen molar-refractivity contribution in [2.24, 2.45) is 0 Å². The van der Waals surface area contributed by atoms with Crippen molar-refractivity contribution in [3.8, 4) is 22.8 Å². The Labute approximate surface area is 172 Å². The first-order valence-corrected chi connectivity index (χ1v) is 10.4. The molecular weight excluding hydrogens is 376 g/mol. The highest BCUT2D eigenvalue weighted by molar-refractivity contribution is 5.97. The van der Waals surface area contributed by atoms with Crippen molar-refractivity contribution in [3.05, 3.63) is 48.0 Å². The van der Waals surface area contributed by atoms with Crippen LogP contribution in [0, 0.1) is 0 Å². The van der Waals surface area contributed by atoms with Gasteiger partial charge < -0.3 is 4.98 Å². The lowest BCUT2D eigenvalue weighted by Gasteiger charge is -2.26. The fourth-order valence-electron chi connectivity index (χ4n) is 4.43. The molecule has 3 aromatic heterocycles. The van der Waals surface area contributed by atoms with Gasteiger partial charge >= 0.3 is 0 Å².